The van der Waals surface area contributed by atoms with Crippen LogP contribution in [0.5, 0.6) is 0 Å². The van der Waals surface area contributed by atoms with Crippen LogP contribution in [0.25, 0.3) is 0 Å². The molecule has 2 rings (SSSR count). The maximum Gasteiger partial charge on any atom is 0.0699 e. The Morgan fingerprint density at radius 3 is 2.75 bits per heavy atom. The van der Waals surface area contributed by atoms with E-state index in [1.807, 2.05) is 30.8 Å². The second-order valence-corrected chi connectivity index (χ2v) is 6.56. The highest BCUT2D eigenvalue weighted by atomic mass is 79.9. The summed E-state index contributed by atoms with van der Waals surface area (Å²) in [7, 11) is 1.95. The van der Waals surface area contributed by atoms with Crippen LogP contribution < -0.4 is 5.32 Å². The van der Waals surface area contributed by atoms with Crippen molar-refractivity contribution in [1.29, 1.82) is 0 Å². The maximum absolute atomic E-state index is 6.18. The number of anilines is 1. The van der Waals surface area contributed by atoms with Crippen LogP contribution in [-0.4, -0.2) is 9.78 Å². The van der Waals surface area contributed by atoms with Crippen LogP contribution >= 0.6 is 27.5 Å². The highest BCUT2D eigenvalue weighted by molar-refractivity contribution is 9.10. The molecule has 0 saturated heterocycles. The number of benzene rings is 1. The van der Waals surface area contributed by atoms with E-state index in [1.54, 1.807) is 0 Å². The van der Waals surface area contributed by atoms with E-state index in [4.69, 9.17) is 11.6 Å². The Hall–Kier alpha value is -1.000. The number of aromatic nitrogens is 2. The van der Waals surface area contributed by atoms with E-state index < -0.39 is 0 Å². The molecule has 108 valence electrons. The summed E-state index contributed by atoms with van der Waals surface area (Å²) in [6, 6.07) is 3.98. The van der Waals surface area contributed by atoms with Gasteiger partial charge in [0.05, 0.1) is 11.4 Å². The van der Waals surface area contributed by atoms with E-state index in [-0.39, 0.29) is 0 Å². The van der Waals surface area contributed by atoms with Crippen LogP contribution in [-0.2, 0) is 13.6 Å². The smallest absolute Gasteiger partial charge is 0.0699 e. The first-order chi connectivity index (χ1) is 9.38. The van der Waals surface area contributed by atoms with Gasteiger partial charge in [-0.1, -0.05) is 25.4 Å². The number of hydrogen-bond donors (Lipinski definition) is 1. The third-order valence-corrected chi connectivity index (χ3v) is 4.26. The minimum absolute atomic E-state index is 0.415. The molecule has 2 aromatic rings. The van der Waals surface area contributed by atoms with Crippen molar-refractivity contribution in [2.45, 2.75) is 33.2 Å². The normalized spacial score (nSPS) is 11.2. The molecule has 3 nitrogen and oxygen atoms in total. The molecule has 0 saturated carbocycles. The van der Waals surface area contributed by atoms with Gasteiger partial charge in [-0.05, 0) is 46.5 Å². The van der Waals surface area contributed by atoms with Gasteiger partial charge >= 0.3 is 0 Å². The average Bonchev–Trinajstić information content (AvgIpc) is 2.74. The van der Waals surface area contributed by atoms with E-state index in [2.05, 4.69) is 46.4 Å². The van der Waals surface area contributed by atoms with Crippen LogP contribution in [0, 0.1) is 6.92 Å². The van der Waals surface area contributed by atoms with Gasteiger partial charge in [-0.3, -0.25) is 4.68 Å². The topological polar surface area (TPSA) is 29.9 Å². The predicted molar refractivity (Wildman–Crippen MR) is 88.5 cm³/mol. The summed E-state index contributed by atoms with van der Waals surface area (Å²) < 4.78 is 2.89. The molecular weight excluding hydrogens is 338 g/mol. The van der Waals surface area contributed by atoms with E-state index in [9.17, 15) is 0 Å². The molecule has 1 heterocycles. The molecule has 0 aliphatic carbocycles. The zero-order valence-corrected chi connectivity index (χ0v) is 14.5. The van der Waals surface area contributed by atoms with Crippen LogP contribution in [0.15, 0.2) is 22.8 Å². The lowest BCUT2D eigenvalue weighted by Gasteiger charge is -2.11. The van der Waals surface area contributed by atoms with Gasteiger partial charge in [0.1, 0.15) is 0 Å². The minimum Gasteiger partial charge on any atom is -0.380 e. The monoisotopic (exact) mass is 355 g/mol. The number of nitrogens with one attached hydrogen (secondary N) is 1. The molecule has 0 bridgehead atoms. The third kappa shape index (κ3) is 3.36. The highest BCUT2D eigenvalue weighted by Crippen LogP contribution is 2.30. The van der Waals surface area contributed by atoms with Gasteiger partial charge in [0.2, 0.25) is 0 Å². The lowest BCUT2D eigenvalue weighted by molar-refractivity contribution is 0.712. The second-order valence-electron chi connectivity index (χ2n) is 5.30. The Kier molecular flexibility index (Phi) is 4.76. The van der Waals surface area contributed by atoms with Crippen molar-refractivity contribution in [2.75, 3.05) is 5.32 Å². The van der Waals surface area contributed by atoms with Crippen molar-refractivity contribution in [1.82, 2.24) is 9.78 Å². The Labute approximate surface area is 133 Å². The largest absolute Gasteiger partial charge is 0.380 e. The standard InChI is InChI=1S/C15H19BrClN3/c1-9(2)15-11(8-20(4)19-15)7-18-14-6-13(17)10(3)5-12(14)16/h5-6,8-9,18H,7H2,1-4H3. The third-order valence-electron chi connectivity index (χ3n) is 3.20. The van der Waals surface area contributed by atoms with Crippen LogP contribution in [0.1, 0.15) is 36.6 Å². The minimum atomic E-state index is 0.415. The summed E-state index contributed by atoms with van der Waals surface area (Å²) in [4.78, 5) is 0. The molecule has 0 aliphatic rings. The fourth-order valence-corrected chi connectivity index (χ4v) is 2.91. The Morgan fingerprint density at radius 2 is 2.10 bits per heavy atom. The lowest BCUT2D eigenvalue weighted by Crippen LogP contribution is -2.03. The molecule has 1 aromatic carbocycles. The maximum atomic E-state index is 6.18. The molecule has 1 N–H and O–H groups in total. The molecule has 1 aromatic heterocycles. The van der Waals surface area contributed by atoms with E-state index in [0.29, 0.717) is 5.92 Å². The molecule has 0 radical (unpaired) electrons. The number of aryl methyl sites for hydroxylation is 2. The summed E-state index contributed by atoms with van der Waals surface area (Å²) in [6.45, 7) is 7.04. The first-order valence-electron chi connectivity index (χ1n) is 6.60. The molecule has 0 spiro atoms. The molecular formula is C15H19BrClN3. The summed E-state index contributed by atoms with van der Waals surface area (Å²) >= 11 is 9.74. The van der Waals surface area contributed by atoms with Gasteiger partial charge in [0.25, 0.3) is 0 Å². The molecule has 0 atom stereocenters. The van der Waals surface area contributed by atoms with Crippen LogP contribution in [0.3, 0.4) is 0 Å². The summed E-state index contributed by atoms with van der Waals surface area (Å²) in [6.07, 6.45) is 2.06. The fourth-order valence-electron chi connectivity index (χ4n) is 2.15. The number of halogens is 2. The van der Waals surface area contributed by atoms with E-state index in [0.717, 1.165) is 33.0 Å². The molecule has 0 amide bonds. The van der Waals surface area contributed by atoms with Crippen LogP contribution in [0.4, 0.5) is 5.69 Å². The molecule has 5 heteroatoms. The molecule has 0 aliphatic heterocycles. The van der Waals surface area contributed by atoms with E-state index >= 15 is 0 Å². The first-order valence-corrected chi connectivity index (χ1v) is 7.77. The summed E-state index contributed by atoms with van der Waals surface area (Å²) in [5, 5.41) is 8.71. The molecule has 20 heavy (non-hydrogen) atoms. The Morgan fingerprint density at radius 1 is 1.40 bits per heavy atom. The van der Waals surface area contributed by atoms with Gasteiger partial charge < -0.3 is 5.32 Å². The number of nitrogens with zero attached hydrogens (tertiary/aromatic N) is 2. The lowest BCUT2D eigenvalue weighted by atomic mass is 10.1. The fraction of sp³-hybridized carbons (Fsp3) is 0.400. The van der Waals surface area contributed by atoms with Gasteiger partial charge in [-0.2, -0.15) is 5.10 Å². The average molecular weight is 357 g/mol. The summed E-state index contributed by atoms with van der Waals surface area (Å²) in [5.74, 6) is 0.415. The summed E-state index contributed by atoms with van der Waals surface area (Å²) in [5.41, 5.74) is 4.41. The van der Waals surface area contributed by atoms with Gasteiger partial charge in [-0.25, -0.2) is 0 Å². The second kappa shape index (κ2) is 6.19. The first kappa shape index (κ1) is 15.4. The van der Waals surface area contributed by atoms with Gasteiger partial charge in [0, 0.05) is 34.8 Å². The van der Waals surface area contributed by atoms with Crippen molar-refractivity contribution in [3.8, 4) is 0 Å². The van der Waals surface area contributed by atoms with Gasteiger partial charge in [0.15, 0.2) is 0 Å². The molecule has 0 unspecified atom stereocenters. The number of rotatable bonds is 4. The van der Waals surface area contributed by atoms with Crippen molar-refractivity contribution in [3.05, 3.63) is 44.6 Å². The SMILES string of the molecule is Cc1cc(Br)c(NCc2cn(C)nc2C(C)C)cc1Cl. The number of hydrogen-bond acceptors (Lipinski definition) is 2. The Balaban J connectivity index is 2.19. The van der Waals surface area contributed by atoms with Crippen LogP contribution in [0.2, 0.25) is 5.02 Å². The van der Waals surface area contributed by atoms with Crippen molar-refractivity contribution in [3.63, 3.8) is 0 Å². The van der Waals surface area contributed by atoms with Crippen molar-refractivity contribution in [2.24, 2.45) is 7.05 Å². The van der Waals surface area contributed by atoms with Crippen molar-refractivity contribution >= 4 is 33.2 Å². The quantitative estimate of drug-likeness (QED) is 0.846. The van der Waals surface area contributed by atoms with Gasteiger partial charge in [-0.15, -0.1) is 0 Å². The highest BCUT2D eigenvalue weighted by Gasteiger charge is 2.12. The van der Waals surface area contributed by atoms with E-state index in [1.165, 1.54) is 5.56 Å². The van der Waals surface area contributed by atoms with Crippen molar-refractivity contribution < 1.29 is 0 Å². The Bertz CT molecular complexity index is 620. The zero-order valence-electron chi connectivity index (χ0n) is 12.2. The molecule has 0 fully saturated rings. The predicted octanol–water partition coefficient (Wildman–Crippen LogP) is 4.88. The zero-order chi connectivity index (χ0) is 14.9.